The molecule has 1 aromatic carbocycles. The summed E-state index contributed by atoms with van der Waals surface area (Å²) >= 11 is 0. The van der Waals surface area contributed by atoms with Gasteiger partial charge in [0.25, 0.3) is 5.91 Å². The largest absolute Gasteiger partial charge is 0.387 e. The van der Waals surface area contributed by atoms with E-state index in [1.807, 2.05) is 19.1 Å². The first-order chi connectivity index (χ1) is 9.04. The number of hydrogen-bond donors (Lipinski definition) is 3. The third kappa shape index (κ3) is 4.97. The average molecular weight is 265 g/mol. The summed E-state index contributed by atoms with van der Waals surface area (Å²) < 4.78 is 4.95. The van der Waals surface area contributed by atoms with Gasteiger partial charge in [-0.05, 0) is 24.6 Å². The van der Waals surface area contributed by atoms with Crippen LogP contribution < -0.4 is 16.4 Å². The smallest absolute Gasteiger partial charge is 0.253 e. The average Bonchev–Trinajstić information content (AvgIpc) is 2.37. The van der Waals surface area contributed by atoms with E-state index in [0.717, 1.165) is 11.3 Å². The summed E-state index contributed by atoms with van der Waals surface area (Å²) in [7, 11) is 1.77. The molecule has 0 saturated carbocycles. The topological polar surface area (TPSA) is 93.4 Å². The maximum atomic E-state index is 11.9. The normalized spacial score (nSPS) is 10.0. The van der Waals surface area contributed by atoms with Crippen LogP contribution in [0.5, 0.6) is 0 Å². The van der Waals surface area contributed by atoms with Gasteiger partial charge in [-0.1, -0.05) is 6.07 Å². The number of nitrogens with two attached hydrogens (primary N) is 1. The zero-order chi connectivity index (χ0) is 14.3. The summed E-state index contributed by atoms with van der Waals surface area (Å²) in [5.74, 6) is -0.714. The third-order valence-electron chi connectivity index (χ3n) is 2.47. The van der Waals surface area contributed by atoms with Crippen molar-refractivity contribution in [3.8, 4) is 0 Å². The van der Waals surface area contributed by atoms with Crippen LogP contribution in [0.4, 0.5) is 5.69 Å². The van der Waals surface area contributed by atoms with E-state index in [4.69, 9.17) is 10.5 Å². The fourth-order valence-corrected chi connectivity index (χ4v) is 1.57. The minimum absolute atomic E-state index is 0.137. The van der Waals surface area contributed by atoms with Gasteiger partial charge in [-0.2, -0.15) is 0 Å². The molecule has 1 rings (SSSR count). The van der Waals surface area contributed by atoms with Gasteiger partial charge in [-0.15, -0.1) is 0 Å². The Balaban J connectivity index is 2.47. The molecule has 0 aliphatic carbocycles. The Hall–Kier alpha value is -2.08. The molecule has 0 aliphatic heterocycles. The third-order valence-corrected chi connectivity index (χ3v) is 2.47. The number of aryl methyl sites for hydroxylation is 1. The lowest BCUT2D eigenvalue weighted by atomic mass is 10.1. The number of amides is 2. The van der Waals surface area contributed by atoms with E-state index < -0.39 is 5.91 Å². The molecule has 0 spiro atoms. The lowest BCUT2D eigenvalue weighted by Gasteiger charge is -2.10. The SMILES string of the molecule is CNc1cc(C)ccc1C(=O)NCCOCC(N)=O. The Morgan fingerprint density at radius 3 is 2.74 bits per heavy atom. The van der Waals surface area contributed by atoms with Crippen molar-refractivity contribution in [2.24, 2.45) is 5.73 Å². The fourth-order valence-electron chi connectivity index (χ4n) is 1.57. The molecule has 19 heavy (non-hydrogen) atoms. The molecule has 0 radical (unpaired) electrons. The van der Waals surface area contributed by atoms with Gasteiger partial charge in [-0.3, -0.25) is 9.59 Å². The van der Waals surface area contributed by atoms with Crippen LogP contribution in [0.25, 0.3) is 0 Å². The number of nitrogens with one attached hydrogen (secondary N) is 2. The number of benzene rings is 1. The monoisotopic (exact) mass is 265 g/mol. The van der Waals surface area contributed by atoms with Crippen molar-refractivity contribution in [1.82, 2.24) is 5.32 Å². The summed E-state index contributed by atoms with van der Waals surface area (Å²) in [4.78, 5) is 22.4. The maximum Gasteiger partial charge on any atom is 0.253 e. The standard InChI is InChI=1S/C13H19N3O3/c1-9-3-4-10(11(7-9)15-2)13(18)16-5-6-19-8-12(14)17/h3-4,7,15H,5-6,8H2,1-2H3,(H2,14,17)(H,16,18). The molecule has 0 aromatic heterocycles. The number of anilines is 1. The van der Waals surface area contributed by atoms with E-state index in [0.29, 0.717) is 12.1 Å². The van der Waals surface area contributed by atoms with E-state index in [-0.39, 0.29) is 19.1 Å². The molecule has 0 aliphatic rings. The molecule has 0 unspecified atom stereocenters. The van der Waals surface area contributed by atoms with Crippen molar-refractivity contribution < 1.29 is 14.3 Å². The molecule has 1 aromatic rings. The van der Waals surface area contributed by atoms with Crippen LogP contribution in [0.2, 0.25) is 0 Å². The lowest BCUT2D eigenvalue weighted by Crippen LogP contribution is -2.29. The first-order valence-corrected chi connectivity index (χ1v) is 5.97. The molecule has 4 N–H and O–H groups in total. The molecule has 2 amide bonds. The highest BCUT2D eigenvalue weighted by atomic mass is 16.5. The van der Waals surface area contributed by atoms with E-state index in [9.17, 15) is 9.59 Å². The second-order valence-corrected chi connectivity index (χ2v) is 4.07. The van der Waals surface area contributed by atoms with Crippen molar-refractivity contribution in [1.29, 1.82) is 0 Å². The zero-order valence-corrected chi connectivity index (χ0v) is 11.2. The summed E-state index contributed by atoms with van der Waals surface area (Å²) in [6.45, 7) is 2.39. The van der Waals surface area contributed by atoms with Crippen molar-refractivity contribution in [2.45, 2.75) is 6.92 Å². The predicted molar refractivity (Wildman–Crippen MR) is 73.1 cm³/mol. The van der Waals surface area contributed by atoms with Gasteiger partial charge in [0.15, 0.2) is 0 Å². The van der Waals surface area contributed by atoms with Gasteiger partial charge >= 0.3 is 0 Å². The van der Waals surface area contributed by atoms with Gasteiger partial charge < -0.3 is 21.1 Å². The summed E-state index contributed by atoms with van der Waals surface area (Å²) in [5, 5.41) is 5.69. The predicted octanol–water partition coefficient (Wildman–Crippen LogP) is 0.268. The first kappa shape index (κ1) is 15.0. The van der Waals surface area contributed by atoms with Crippen molar-refractivity contribution in [2.75, 3.05) is 32.1 Å². The van der Waals surface area contributed by atoms with Gasteiger partial charge in [-0.25, -0.2) is 0 Å². The van der Waals surface area contributed by atoms with Gasteiger partial charge in [0.05, 0.1) is 12.2 Å². The van der Waals surface area contributed by atoms with Crippen LogP contribution >= 0.6 is 0 Å². The van der Waals surface area contributed by atoms with E-state index in [2.05, 4.69) is 10.6 Å². The summed E-state index contributed by atoms with van der Waals surface area (Å²) in [5.41, 5.74) is 7.34. The van der Waals surface area contributed by atoms with E-state index >= 15 is 0 Å². The van der Waals surface area contributed by atoms with Crippen molar-refractivity contribution in [3.05, 3.63) is 29.3 Å². The van der Waals surface area contributed by atoms with Crippen LogP contribution in [0.1, 0.15) is 15.9 Å². The Bertz CT molecular complexity index is 460. The number of ether oxygens (including phenoxy) is 1. The second-order valence-electron chi connectivity index (χ2n) is 4.07. The number of rotatable bonds is 7. The molecule has 0 bridgehead atoms. The van der Waals surface area contributed by atoms with Crippen molar-refractivity contribution in [3.63, 3.8) is 0 Å². The summed E-state index contributed by atoms with van der Waals surface area (Å²) in [6, 6.07) is 5.54. The number of carbonyl (C=O) groups excluding carboxylic acids is 2. The van der Waals surface area contributed by atoms with Crippen molar-refractivity contribution >= 4 is 17.5 Å². The molecule has 6 heteroatoms. The van der Waals surface area contributed by atoms with Gasteiger partial charge in [0, 0.05) is 19.3 Å². The van der Waals surface area contributed by atoms with Gasteiger partial charge in [0.1, 0.15) is 6.61 Å². The first-order valence-electron chi connectivity index (χ1n) is 5.97. The molecule has 6 nitrogen and oxygen atoms in total. The van der Waals surface area contributed by atoms with Gasteiger partial charge in [0.2, 0.25) is 5.91 Å². The van der Waals surface area contributed by atoms with Crippen LogP contribution in [-0.2, 0) is 9.53 Å². The molecule has 0 atom stereocenters. The van der Waals surface area contributed by atoms with Crippen LogP contribution in [0.3, 0.4) is 0 Å². The Morgan fingerprint density at radius 1 is 1.37 bits per heavy atom. The highest BCUT2D eigenvalue weighted by Crippen LogP contribution is 2.16. The fraction of sp³-hybridized carbons (Fsp3) is 0.385. The molecule has 0 saturated heterocycles. The highest BCUT2D eigenvalue weighted by molar-refractivity contribution is 5.99. The molecule has 0 heterocycles. The minimum atomic E-state index is -0.526. The van der Waals surface area contributed by atoms with Crippen LogP contribution in [0.15, 0.2) is 18.2 Å². The van der Waals surface area contributed by atoms with Crippen LogP contribution in [0, 0.1) is 6.92 Å². The van der Waals surface area contributed by atoms with E-state index in [1.165, 1.54) is 0 Å². The minimum Gasteiger partial charge on any atom is -0.387 e. The second kappa shape index (κ2) is 7.38. The molecule has 0 fully saturated rings. The molecular formula is C13H19N3O3. The number of hydrogen-bond acceptors (Lipinski definition) is 4. The zero-order valence-electron chi connectivity index (χ0n) is 11.2. The highest BCUT2D eigenvalue weighted by Gasteiger charge is 2.10. The lowest BCUT2D eigenvalue weighted by molar-refractivity contribution is -0.122. The molecule has 104 valence electrons. The Morgan fingerprint density at radius 2 is 2.11 bits per heavy atom. The number of primary amides is 1. The molecular weight excluding hydrogens is 246 g/mol. The van der Waals surface area contributed by atoms with E-state index in [1.54, 1.807) is 13.1 Å². The quantitative estimate of drug-likeness (QED) is 0.617. The Labute approximate surface area is 112 Å². The number of carbonyl (C=O) groups is 2. The van der Waals surface area contributed by atoms with Crippen LogP contribution in [-0.4, -0.2) is 38.6 Å². The summed E-state index contributed by atoms with van der Waals surface area (Å²) in [6.07, 6.45) is 0. The Kier molecular flexibility index (Phi) is 5.81. The maximum absolute atomic E-state index is 11.9.